The lowest BCUT2D eigenvalue weighted by molar-refractivity contribution is -0.650. The fourth-order valence-corrected chi connectivity index (χ4v) is 10.2. The molecule has 7 heteroatoms. The average molecular weight is 522 g/mol. The number of pyridine rings is 1. The van der Waals surface area contributed by atoms with Crippen LogP contribution < -0.4 is 5.32 Å². The molecule has 164 valence electrons. The third kappa shape index (κ3) is 1.54. The van der Waals surface area contributed by atoms with E-state index in [9.17, 15) is 14.7 Å². The molecule has 1 aromatic heterocycles. The molecular formula is C26H18BrClN2O3. The van der Waals surface area contributed by atoms with Crippen LogP contribution in [0.15, 0.2) is 53.0 Å². The van der Waals surface area contributed by atoms with Crippen molar-refractivity contribution >= 4 is 50.3 Å². The normalized spacial score (nSPS) is 41.6. The summed E-state index contributed by atoms with van der Waals surface area (Å²) in [6.45, 7) is 2.11. The van der Waals surface area contributed by atoms with Crippen molar-refractivity contribution in [3.63, 3.8) is 0 Å². The number of halogens is 2. The molecule has 1 amide bonds. The maximum absolute atomic E-state index is 13.8. The number of nitrogens with zero attached hydrogens (tertiary/aromatic N) is 1. The van der Waals surface area contributed by atoms with Crippen LogP contribution in [-0.4, -0.2) is 27.5 Å². The van der Waals surface area contributed by atoms with Gasteiger partial charge in [0.1, 0.15) is 0 Å². The van der Waals surface area contributed by atoms with Crippen molar-refractivity contribution in [3.05, 3.63) is 63.6 Å². The maximum Gasteiger partial charge on any atom is 0.310 e. The van der Waals surface area contributed by atoms with E-state index in [1.807, 2.05) is 48.5 Å². The second-order valence-corrected chi connectivity index (χ2v) is 11.8. The number of hydrogen-bond acceptors (Lipinski definition) is 3. The average Bonchev–Trinajstić information content (AvgIpc) is 2.78. The molecule has 4 atom stereocenters. The van der Waals surface area contributed by atoms with Crippen LogP contribution in [0.25, 0.3) is 22.2 Å². The van der Waals surface area contributed by atoms with Crippen LogP contribution in [0, 0.1) is 40.4 Å². The van der Waals surface area contributed by atoms with Crippen molar-refractivity contribution in [2.45, 2.75) is 12.5 Å². The van der Waals surface area contributed by atoms with Gasteiger partial charge in [-0.1, -0.05) is 64.8 Å². The number of rotatable bonds is 4. The number of amides is 1. The first-order valence-corrected chi connectivity index (χ1v) is 12.4. The summed E-state index contributed by atoms with van der Waals surface area (Å²) in [4.78, 5) is 30.6. The van der Waals surface area contributed by atoms with Crippen molar-refractivity contribution in [3.8, 4) is 11.3 Å². The molecule has 0 bridgehead atoms. The maximum atomic E-state index is 13.8. The van der Waals surface area contributed by atoms with Gasteiger partial charge in [-0.2, -0.15) is 0 Å². The molecule has 2 aromatic carbocycles. The van der Waals surface area contributed by atoms with Crippen molar-refractivity contribution in [1.29, 1.82) is 0 Å². The summed E-state index contributed by atoms with van der Waals surface area (Å²) in [7, 11) is 0. The molecule has 9 rings (SSSR count). The van der Waals surface area contributed by atoms with Crippen LogP contribution in [0.4, 0.5) is 0 Å². The monoisotopic (exact) mass is 520 g/mol. The summed E-state index contributed by atoms with van der Waals surface area (Å²) in [6, 6.07) is 15.3. The number of carbonyl (C=O) groups excluding carboxylic acids is 1. The first-order chi connectivity index (χ1) is 15.8. The quantitative estimate of drug-likeness (QED) is 0.506. The Morgan fingerprint density at radius 3 is 2.42 bits per heavy atom. The highest BCUT2D eigenvalue weighted by Crippen LogP contribution is 3.11. The summed E-state index contributed by atoms with van der Waals surface area (Å²) in [5.41, 5.74) is 1.68. The van der Waals surface area contributed by atoms with Gasteiger partial charge in [-0.3, -0.25) is 9.59 Å². The molecule has 0 spiro atoms. The third-order valence-corrected chi connectivity index (χ3v) is 11.0. The number of aliphatic carboxylic acids is 1. The van der Waals surface area contributed by atoms with Gasteiger partial charge < -0.3 is 10.4 Å². The minimum atomic E-state index is -0.635. The minimum absolute atomic E-state index is 0.154. The second-order valence-electron chi connectivity index (χ2n) is 10.6. The summed E-state index contributed by atoms with van der Waals surface area (Å²) >= 11 is 10.4. The van der Waals surface area contributed by atoms with E-state index in [1.165, 1.54) is 0 Å². The summed E-state index contributed by atoms with van der Waals surface area (Å²) in [5.74, 6) is 0.495. The number of carboxylic acid groups (broad SMARTS) is 1. The largest absolute Gasteiger partial charge is 0.481 e. The van der Waals surface area contributed by atoms with E-state index in [0.29, 0.717) is 33.1 Å². The van der Waals surface area contributed by atoms with Crippen LogP contribution >= 0.6 is 27.5 Å². The van der Waals surface area contributed by atoms with Crippen molar-refractivity contribution in [2.24, 2.45) is 40.4 Å². The van der Waals surface area contributed by atoms with Crippen LogP contribution in [0.3, 0.4) is 0 Å². The van der Waals surface area contributed by atoms with E-state index in [1.54, 1.807) is 0 Å². The number of carbonyl (C=O) groups is 2. The van der Waals surface area contributed by atoms with Gasteiger partial charge in [-0.05, 0) is 53.2 Å². The number of hydrogen-bond donors (Lipinski definition) is 2. The summed E-state index contributed by atoms with van der Waals surface area (Å²) in [5, 5.41) is 14.3. The lowest BCUT2D eigenvalue weighted by Gasteiger charge is -3.13. The van der Waals surface area contributed by atoms with Gasteiger partial charge in [0.05, 0.1) is 32.8 Å². The first kappa shape index (κ1) is 18.9. The highest BCUT2D eigenvalue weighted by Gasteiger charge is 3.16. The molecule has 6 aliphatic rings. The molecule has 0 saturated heterocycles. The molecule has 6 fully saturated rings. The van der Waals surface area contributed by atoms with Gasteiger partial charge in [0.25, 0.3) is 5.91 Å². The topological polar surface area (TPSA) is 79.3 Å². The van der Waals surface area contributed by atoms with Gasteiger partial charge in [-0.15, -0.1) is 0 Å². The molecule has 4 unspecified atom stereocenters. The highest BCUT2D eigenvalue weighted by molar-refractivity contribution is 9.10. The molecule has 33 heavy (non-hydrogen) atoms. The SMILES string of the molecule is CC12C3C4C5C(C1C53NC(=O)c1c(Cl)c(-c3ccccc3)nc3ccc(Br)cc13)C42C(=O)O. The zero-order valence-corrected chi connectivity index (χ0v) is 19.8. The van der Waals surface area contributed by atoms with Crippen molar-refractivity contribution < 1.29 is 14.7 Å². The molecule has 6 aliphatic carbocycles. The zero-order valence-electron chi connectivity index (χ0n) is 17.5. The van der Waals surface area contributed by atoms with Crippen LogP contribution in [-0.2, 0) is 4.79 Å². The molecule has 1 heterocycles. The van der Waals surface area contributed by atoms with Gasteiger partial charge in [0.2, 0.25) is 0 Å². The number of fused-ring (bicyclic) bond motifs is 1. The Hall–Kier alpha value is -2.44. The highest BCUT2D eigenvalue weighted by atomic mass is 79.9. The Labute approximate surface area is 202 Å². The van der Waals surface area contributed by atoms with Gasteiger partial charge in [0.15, 0.2) is 0 Å². The Kier molecular flexibility index (Phi) is 3.03. The van der Waals surface area contributed by atoms with Crippen LogP contribution in [0.2, 0.25) is 5.02 Å². The number of benzene rings is 2. The van der Waals surface area contributed by atoms with Crippen LogP contribution in [0.1, 0.15) is 17.3 Å². The molecule has 0 radical (unpaired) electrons. The Morgan fingerprint density at radius 1 is 1.09 bits per heavy atom. The number of aromatic nitrogens is 1. The predicted molar refractivity (Wildman–Crippen MR) is 126 cm³/mol. The summed E-state index contributed by atoms with van der Waals surface area (Å²) in [6.07, 6.45) is 0. The van der Waals surface area contributed by atoms with Gasteiger partial charge in [-0.25, -0.2) is 4.98 Å². The zero-order chi connectivity index (χ0) is 22.7. The second kappa shape index (κ2) is 5.28. The van der Waals surface area contributed by atoms with E-state index in [0.717, 1.165) is 10.0 Å². The number of carboxylic acids is 1. The van der Waals surface area contributed by atoms with E-state index >= 15 is 0 Å². The Balaban J connectivity index is 1.22. The van der Waals surface area contributed by atoms with Gasteiger partial charge in [0, 0.05) is 15.4 Å². The van der Waals surface area contributed by atoms with E-state index in [4.69, 9.17) is 16.6 Å². The molecule has 5 nitrogen and oxygen atoms in total. The standard InChI is InChI=1S/C26H18BrClN2O3/c1-24-20-16-15-17(25(16,24)23(32)33)21(24)26(15,20)30-22(31)14-12-9-11(27)7-8-13(12)29-19(18(14)28)10-5-3-2-4-6-10/h2-9,15-17,20-21H,1H3,(H,30,31)(H,32,33). The smallest absolute Gasteiger partial charge is 0.310 e. The fourth-order valence-electron chi connectivity index (χ4n) is 9.50. The molecule has 0 aliphatic heterocycles. The summed E-state index contributed by atoms with van der Waals surface area (Å²) < 4.78 is 0.849. The van der Waals surface area contributed by atoms with E-state index in [2.05, 4.69) is 28.2 Å². The van der Waals surface area contributed by atoms with E-state index in [-0.39, 0.29) is 40.5 Å². The fraction of sp³-hybridized carbons (Fsp3) is 0.346. The molecule has 6 saturated carbocycles. The predicted octanol–water partition coefficient (Wildman–Crippen LogP) is 5.01. The van der Waals surface area contributed by atoms with E-state index < -0.39 is 11.4 Å². The molecule has 3 aromatic rings. The minimum Gasteiger partial charge on any atom is -0.481 e. The molecule has 2 N–H and O–H groups in total. The first-order valence-electron chi connectivity index (χ1n) is 11.2. The number of nitrogens with one attached hydrogen (secondary N) is 1. The molecular weight excluding hydrogens is 504 g/mol. The van der Waals surface area contributed by atoms with Crippen molar-refractivity contribution in [2.75, 3.05) is 0 Å². The van der Waals surface area contributed by atoms with Crippen molar-refractivity contribution in [1.82, 2.24) is 10.3 Å². The third-order valence-electron chi connectivity index (χ3n) is 10.2. The Morgan fingerprint density at radius 2 is 1.79 bits per heavy atom. The van der Waals surface area contributed by atoms with Crippen LogP contribution in [0.5, 0.6) is 0 Å². The van der Waals surface area contributed by atoms with Gasteiger partial charge >= 0.3 is 5.97 Å². The Bertz CT molecular complexity index is 1470. The lowest BCUT2D eigenvalue weighted by atomic mass is 8.90. The lowest BCUT2D eigenvalue weighted by Crippen LogP contribution is -3.19.